The number of ether oxygens (including phenoxy) is 1. The second-order valence-electron chi connectivity index (χ2n) is 5.05. The highest BCUT2D eigenvalue weighted by Crippen LogP contribution is 2.35. The third-order valence-electron chi connectivity index (χ3n) is 3.81. The van der Waals surface area contributed by atoms with E-state index in [4.69, 9.17) is 4.74 Å². The molecule has 0 saturated carbocycles. The molecule has 2 aromatic carbocycles. The minimum absolute atomic E-state index is 0.113. The van der Waals surface area contributed by atoms with Crippen LogP contribution in [0.25, 0.3) is 0 Å². The third kappa shape index (κ3) is 2.39. The maximum absolute atomic E-state index is 12.2. The van der Waals surface area contributed by atoms with Crippen LogP contribution >= 0.6 is 0 Å². The molecule has 1 atom stereocenters. The maximum atomic E-state index is 12.2. The topological polar surface area (TPSA) is 29.5 Å². The van der Waals surface area contributed by atoms with Gasteiger partial charge in [0.1, 0.15) is 5.75 Å². The number of aryl methyl sites for hydroxylation is 1. The molecule has 102 valence electrons. The van der Waals surface area contributed by atoms with Crippen LogP contribution in [-0.2, 0) is 6.42 Å². The average Bonchev–Trinajstić information content (AvgIpc) is 2.91. The first-order chi connectivity index (χ1) is 9.75. The first-order valence-electron chi connectivity index (χ1n) is 6.83. The maximum Gasteiger partial charge on any atom is 0.415 e. The molecule has 0 heterocycles. The van der Waals surface area contributed by atoms with Crippen LogP contribution < -0.4 is 4.74 Å². The number of para-hydroxylation sites is 1. The molecule has 0 radical (unpaired) electrons. The van der Waals surface area contributed by atoms with E-state index in [9.17, 15) is 4.79 Å². The summed E-state index contributed by atoms with van der Waals surface area (Å²) in [5, 5.41) is 0. The second-order valence-corrected chi connectivity index (χ2v) is 5.05. The Kier molecular flexibility index (Phi) is 3.42. The zero-order chi connectivity index (χ0) is 13.9. The van der Waals surface area contributed by atoms with Gasteiger partial charge in [-0.3, -0.25) is 0 Å². The molecule has 0 aliphatic heterocycles. The van der Waals surface area contributed by atoms with Crippen molar-refractivity contribution in [3.8, 4) is 5.75 Å². The predicted octanol–water partition coefficient (Wildman–Crippen LogP) is 3.80. The van der Waals surface area contributed by atoms with Gasteiger partial charge in [-0.25, -0.2) is 4.79 Å². The van der Waals surface area contributed by atoms with Gasteiger partial charge < -0.3 is 9.64 Å². The highest BCUT2D eigenvalue weighted by molar-refractivity contribution is 5.71. The number of hydrogen-bond donors (Lipinski definition) is 0. The van der Waals surface area contributed by atoms with E-state index in [0.29, 0.717) is 5.75 Å². The fourth-order valence-electron chi connectivity index (χ4n) is 2.73. The lowest BCUT2D eigenvalue weighted by Gasteiger charge is -2.24. The Hall–Kier alpha value is -2.29. The number of carbonyl (C=O) groups is 1. The molecule has 20 heavy (non-hydrogen) atoms. The molecule has 0 fully saturated rings. The van der Waals surface area contributed by atoms with Crippen LogP contribution in [0.1, 0.15) is 23.6 Å². The van der Waals surface area contributed by atoms with Crippen LogP contribution in [0.2, 0.25) is 0 Å². The summed E-state index contributed by atoms with van der Waals surface area (Å²) in [7, 11) is 1.80. The minimum atomic E-state index is -0.307. The van der Waals surface area contributed by atoms with E-state index in [-0.39, 0.29) is 12.1 Å². The predicted molar refractivity (Wildman–Crippen MR) is 77.7 cm³/mol. The van der Waals surface area contributed by atoms with Crippen LogP contribution in [0.5, 0.6) is 5.75 Å². The Balaban J connectivity index is 1.74. The van der Waals surface area contributed by atoms with Gasteiger partial charge in [0.25, 0.3) is 0 Å². The van der Waals surface area contributed by atoms with Gasteiger partial charge in [0.2, 0.25) is 0 Å². The van der Waals surface area contributed by atoms with Crippen molar-refractivity contribution in [2.75, 3.05) is 7.05 Å². The standard InChI is InChI=1S/C17H17NO2/c1-18(17(19)20-14-8-3-2-4-9-14)16-12-11-13-7-5-6-10-15(13)16/h2-10,16H,11-12H2,1H3. The first kappa shape index (κ1) is 12.7. The lowest BCUT2D eigenvalue weighted by molar-refractivity contribution is 0.145. The van der Waals surface area contributed by atoms with Crippen molar-refractivity contribution in [3.05, 3.63) is 65.7 Å². The number of hydrogen-bond acceptors (Lipinski definition) is 2. The van der Waals surface area contributed by atoms with Crippen molar-refractivity contribution >= 4 is 6.09 Å². The zero-order valence-electron chi connectivity index (χ0n) is 11.5. The Bertz CT molecular complexity index is 609. The molecule has 3 nitrogen and oxygen atoms in total. The zero-order valence-corrected chi connectivity index (χ0v) is 11.5. The fraction of sp³-hybridized carbons (Fsp3) is 0.235. The SMILES string of the molecule is CN(C(=O)Oc1ccccc1)C1CCc2ccccc21. The van der Waals surface area contributed by atoms with Crippen LogP contribution in [0.15, 0.2) is 54.6 Å². The number of fused-ring (bicyclic) bond motifs is 1. The van der Waals surface area contributed by atoms with Crippen molar-refractivity contribution in [1.29, 1.82) is 0 Å². The monoisotopic (exact) mass is 267 g/mol. The van der Waals surface area contributed by atoms with Gasteiger partial charge in [-0.2, -0.15) is 0 Å². The van der Waals surface area contributed by atoms with Crippen LogP contribution in [0, 0.1) is 0 Å². The number of rotatable bonds is 2. The quantitative estimate of drug-likeness (QED) is 0.828. The van der Waals surface area contributed by atoms with Crippen molar-refractivity contribution in [2.45, 2.75) is 18.9 Å². The molecule has 2 aromatic rings. The number of amides is 1. The second kappa shape index (κ2) is 5.37. The summed E-state index contributed by atoms with van der Waals surface area (Å²) in [6.07, 6.45) is 1.67. The van der Waals surface area contributed by atoms with Gasteiger partial charge in [-0.15, -0.1) is 0 Å². The van der Waals surface area contributed by atoms with Crippen molar-refractivity contribution < 1.29 is 9.53 Å². The number of carbonyl (C=O) groups excluding carboxylic acids is 1. The van der Waals surface area contributed by atoms with E-state index in [1.807, 2.05) is 30.3 Å². The molecule has 0 N–H and O–H groups in total. The third-order valence-corrected chi connectivity index (χ3v) is 3.81. The Morgan fingerprint density at radius 2 is 1.80 bits per heavy atom. The summed E-state index contributed by atoms with van der Waals surface area (Å²) in [6, 6.07) is 17.6. The van der Waals surface area contributed by atoms with E-state index in [0.717, 1.165) is 12.8 Å². The van der Waals surface area contributed by atoms with E-state index in [2.05, 4.69) is 12.1 Å². The van der Waals surface area contributed by atoms with Crippen LogP contribution in [0.3, 0.4) is 0 Å². The minimum Gasteiger partial charge on any atom is -0.410 e. The lowest BCUT2D eigenvalue weighted by Crippen LogP contribution is -2.32. The summed E-state index contributed by atoms with van der Waals surface area (Å²) < 4.78 is 5.39. The van der Waals surface area contributed by atoms with Gasteiger partial charge >= 0.3 is 6.09 Å². The molecule has 0 aromatic heterocycles. The summed E-state index contributed by atoms with van der Waals surface area (Å²) in [5.74, 6) is 0.579. The van der Waals surface area contributed by atoms with Crippen molar-refractivity contribution in [3.63, 3.8) is 0 Å². The molecular formula is C17H17NO2. The van der Waals surface area contributed by atoms with E-state index in [1.165, 1.54) is 11.1 Å². The fourth-order valence-corrected chi connectivity index (χ4v) is 2.73. The summed E-state index contributed by atoms with van der Waals surface area (Å²) in [4.78, 5) is 13.9. The Morgan fingerprint density at radius 3 is 2.60 bits per heavy atom. The highest BCUT2D eigenvalue weighted by atomic mass is 16.6. The number of nitrogens with zero attached hydrogens (tertiary/aromatic N) is 1. The molecule has 0 spiro atoms. The Morgan fingerprint density at radius 1 is 1.10 bits per heavy atom. The van der Waals surface area contributed by atoms with Gasteiger partial charge in [-0.05, 0) is 36.1 Å². The van der Waals surface area contributed by atoms with E-state index < -0.39 is 0 Å². The summed E-state index contributed by atoms with van der Waals surface area (Å²) in [5.41, 5.74) is 2.57. The van der Waals surface area contributed by atoms with Gasteiger partial charge in [0.05, 0.1) is 6.04 Å². The van der Waals surface area contributed by atoms with Crippen LogP contribution in [0.4, 0.5) is 4.79 Å². The molecule has 1 unspecified atom stereocenters. The molecular weight excluding hydrogens is 250 g/mol. The molecule has 3 heteroatoms. The molecule has 3 rings (SSSR count). The first-order valence-corrected chi connectivity index (χ1v) is 6.83. The van der Waals surface area contributed by atoms with Crippen molar-refractivity contribution in [2.24, 2.45) is 0 Å². The highest BCUT2D eigenvalue weighted by Gasteiger charge is 2.29. The lowest BCUT2D eigenvalue weighted by atomic mass is 10.1. The number of benzene rings is 2. The molecule has 1 aliphatic carbocycles. The summed E-state index contributed by atoms with van der Waals surface area (Å²) in [6.45, 7) is 0. The van der Waals surface area contributed by atoms with Crippen molar-refractivity contribution in [1.82, 2.24) is 4.90 Å². The molecule has 0 saturated heterocycles. The van der Waals surface area contributed by atoms with E-state index >= 15 is 0 Å². The van der Waals surface area contributed by atoms with E-state index in [1.54, 1.807) is 24.1 Å². The normalized spacial score (nSPS) is 16.6. The smallest absolute Gasteiger partial charge is 0.410 e. The van der Waals surface area contributed by atoms with Crippen LogP contribution in [-0.4, -0.2) is 18.0 Å². The van der Waals surface area contributed by atoms with Gasteiger partial charge in [0.15, 0.2) is 0 Å². The average molecular weight is 267 g/mol. The Labute approximate surface area is 118 Å². The van der Waals surface area contributed by atoms with Gasteiger partial charge in [-0.1, -0.05) is 42.5 Å². The van der Waals surface area contributed by atoms with Gasteiger partial charge in [0, 0.05) is 7.05 Å². The molecule has 1 aliphatic rings. The molecule has 0 bridgehead atoms. The largest absolute Gasteiger partial charge is 0.415 e. The molecule has 1 amide bonds. The summed E-state index contributed by atoms with van der Waals surface area (Å²) >= 11 is 0.